The molecule has 9 nitrogen and oxygen atoms in total. The third kappa shape index (κ3) is 7.88. The predicted molar refractivity (Wildman–Crippen MR) is 149 cm³/mol. The van der Waals surface area contributed by atoms with Gasteiger partial charge in [-0.3, -0.25) is 10.1 Å². The fourth-order valence-electron chi connectivity index (χ4n) is 3.41. The van der Waals surface area contributed by atoms with E-state index in [1.165, 1.54) is 23.6 Å². The number of thiophene rings is 1. The first kappa shape index (κ1) is 29.3. The van der Waals surface area contributed by atoms with Crippen LogP contribution in [0.15, 0.2) is 64.9 Å². The van der Waals surface area contributed by atoms with Crippen molar-refractivity contribution in [3.63, 3.8) is 0 Å². The molecule has 0 aliphatic carbocycles. The highest BCUT2D eigenvalue weighted by atomic mass is 35.5. The molecule has 37 heavy (non-hydrogen) atoms. The molecule has 0 fully saturated rings. The normalized spacial score (nSPS) is 13.2. The second-order valence-corrected chi connectivity index (χ2v) is 12.5. The van der Waals surface area contributed by atoms with E-state index in [4.69, 9.17) is 27.4 Å². The smallest absolute Gasteiger partial charge is 0.328 e. The van der Waals surface area contributed by atoms with Crippen LogP contribution in [0.5, 0.6) is 5.75 Å². The van der Waals surface area contributed by atoms with Crippen LogP contribution in [0.25, 0.3) is 0 Å². The molecular weight excluding hydrogens is 581 g/mol. The number of halogens is 2. The van der Waals surface area contributed by atoms with Gasteiger partial charge in [-0.1, -0.05) is 29.0 Å². The molecule has 0 aliphatic rings. The van der Waals surface area contributed by atoms with E-state index in [1.807, 2.05) is 11.8 Å². The van der Waals surface area contributed by atoms with Crippen LogP contribution in [-0.4, -0.2) is 48.9 Å². The molecule has 1 heterocycles. The fraction of sp³-hybridized carbons (Fsp3) is 0.304. The van der Waals surface area contributed by atoms with E-state index in [1.54, 1.807) is 36.4 Å². The molecule has 2 atom stereocenters. The molecule has 1 N–H and O–H groups in total. The van der Waals surface area contributed by atoms with E-state index in [9.17, 15) is 22.7 Å². The minimum absolute atomic E-state index is 0.0254. The number of nitrogens with zero attached hydrogens (tertiary/aromatic N) is 2. The topological polar surface area (TPSA) is 119 Å². The molecule has 3 aromatic rings. The van der Waals surface area contributed by atoms with E-state index in [-0.39, 0.29) is 27.8 Å². The van der Waals surface area contributed by atoms with Crippen LogP contribution in [0.3, 0.4) is 0 Å². The molecule has 0 spiro atoms. The van der Waals surface area contributed by atoms with Crippen molar-refractivity contribution >= 4 is 66.3 Å². The summed E-state index contributed by atoms with van der Waals surface area (Å²) in [5.41, 5.74) is 1.85. The zero-order valence-electron chi connectivity index (χ0n) is 19.7. The molecule has 2 unspecified atom stereocenters. The van der Waals surface area contributed by atoms with Crippen molar-refractivity contribution in [3.05, 3.63) is 81.2 Å². The largest absolute Gasteiger partial charge is 0.400 e. The van der Waals surface area contributed by atoms with Gasteiger partial charge in [0.05, 0.1) is 15.4 Å². The summed E-state index contributed by atoms with van der Waals surface area (Å²) >= 11 is 10.4. The van der Waals surface area contributed by atoms with E-state index in [0.29, 0.717) is 24.8 Å². The maximum Gasteiger partial charge on any atom is 0.328 e. The van der Waals surface area contributed by atoms with Gasteiger partial charge in [-0.25, -0.2) is 17.3 Å². The molecule has 1 aromatic heterocycles. The lowest BCUT2D eigenvalue weighted by molar-refractivity contribution is -0.380. The van der Waals surface area contributed by atoms with E-state index in [2.05, 4.69) is 4.72 Å². The monoisotopic (exact) mass is 605 g/mol. The van der Waals surface area contributed by atoms with Gasteiger partial charge in [0.15, 0.2) is 0 Å². The van der Waals surface area contributed by atoms with Gasteiger partial charge < -0.3 is 9.08 Å². The van der Waals surface area contributed by atoms with E-state index >= 15 is 0 Å². The van der Waals surface area contributed by atoms with Crippen molar-refractivity contribution in [2.45, 2.75) is 17.1 Å². The number of anilines is 1. The highest BCUT2D eigenvalue weighted by Gasteiger charge is 2.31. The number of nitrogens with one attached hydrogen (secondary N) is 1. The van der Waals surface area contributed by atoms with Crippen LogP contribution in [0.2, 0.25) is 0 Å². The first-order chi connectivity index (χ1) is 17.7. The highest BCUT2D eigenvalue weighted by Crippen LogP contribution is 2.35. The van der Waals surface area contributed by atoms with Gasteiger partial charge in [0, 0.05) is 37.1 Å². The Hall–Kier alpha value is -2.22. The molecule has 0 bridgehead atoms. The first-order valence-corrected chi connectivity index (χ1v) is 15.6. The maximum atomic E-state index is 13.3. The van der Waals surface area contributed by atoms with Gasteiger partial charge in [-0.05, 0) is 54.8 Å². The number of hydrogen-bond donors (Lipinski definition) is 1. The Kier molecular flexibility index (Phi) is 10.7. The number of nitro groups is 1. The number of alkyl halides is 2. The van der Waals surface area contributed by atoms with Gasteiger partial charge >= 0.3 is 5.00 Å². The minimum Gasteiger partial charge on any atom is -0.400 e. The number of sulfonamides is 1. The van der Waals surface area contributed by atoms with Gasteiger partial charge in [-0.2, -0.15) is 0 Å². The summed E-state index contributed by atoms with van der Waals surface area (Å²) in [4.78, 5) is 13.0. The maximum absolute atomic E-state index is 13.3. The molecule has 200 valence electrons. The second-order valence-electron chi connectivity index (χ2n) is 7.79. The van der Waals surface area contributed by atoms with Crippen molar-refractivity contribution in [1.29, 1.82) is 0 Å². The van der Waals surface area contributed by atoms with Gasteiger partial charge in [0.1, 0.15) is 11.0 Å². The average Bonchev–Trinajstić information content (AvgIpc) is 3.35. The Bertz CT molecular complexity index is 1310. The first-order valence-electron chi connectivity index (χ1n) is 11.0. The summed E-state index contributed by atoms with van der Waals surface area (Å²) in [6, 6.07) is 14.4. The number of hydrogen-bond acceptors (Lipinski definition) is 8. The SMILES string of the molecule is Cc1ccc(S(=O)(=O)NCC(c2ccsc2[N+](=O)[O-])S(=O)Oc2ccc(N(CCCl)CCCl)cc2)cc1. The Labute approximate surface area is 232 Å². The summed E-state index contributed by atoms with van der Waals surface area (Å²) in [6.07, 6.45) is 0. The molecule has 3 rings (SSSR count). The Morgan fingerprint density at radius 1 is 1.08 bits per heavy atom. The van der Waals surface area contributed by atoms with Crippen LogP contribution in [0.4, 0.5) is 10.7 Å². The lowest BCUT2D eigenvalue weighted by atomic mass is 10.2. The van der Waals surface area contributed by atoms with Crippen LogP contribution in [0, 0.1) is 17.0 Å². The Morgan fingerprint density at radius 2 is 1.70 bits per heavy atom. The second kappa shape index (κ2) is 13.5. The lowest BCUT2D eigenvalue weighted by Gasteiger charge is -2.23. The predicted octanol–water partition coefficient (Wildman–Crippen LogP) is 5.01. The van der Waals surface area contributed by atoms with Gasteiger partial charge in [0.2, 0.25) is 21.1 Å². The molecule has 2 aromatic carbocycles. The summed E-state index contributed by atoms with van der Waals surface area (Å²) < 4.78 is 47.0. The van der Waals surface area contributed by atoms with E-state index < -0.39 is 31.3 Å². The molecule has 14 heteroatoms. The summed E-state index contributed by atoms with van der Waals surface area (Å²) in [5.74, 6) is 1.08. The number of benzene rings is 2. The molecular formula is C23H25Cl2N3O6S3. The van der Waals surface area contributed by atoms with Gasteiger partial charge in [-0.15, -0.1) is 23.2 Å². The molecule has 0 saturated carbocycles. The van der Waals surface area contributed by atoms with E-state index in [0.717, 1.165) is 22.6 Å². The van der Waals surface area contributed by atoms with Crippen LogP contribution < -0.4 is 13.8 Å². The highest BCUT2D eigenvalue weighted by molar-refractivity contribution is 7.89. The summed E-state index contributed by atoms with van der Waals surface area (Å²) in [5, 5.41) is 11.7. The van der Waals surface area contributed by atoms with Crippen LogP contribution in [-0.2, 0) is 21.1 Å². The standard InChI is InChI=1S/C23H25Cl2N3O6S3/c1-17-2-8-20(9-3-17)37(32,33)26-16-22(21-10-15-35-23(21)28(29)30)36(31)34-19-6-4-18(5-7-19)27(13-11-24)14-12-25/h2-10,15,22,26H,11-14,16H2,1H3. The van der Waals surface area contributed by atoms with Crippen molar-refractivity contribution in [1.82, 2.24) is 4.72 Å². The average molecular weight is 607 g/mol. The molecule has 0 saturated heterocycles. The number of aryl methyl sites for hydroxylation is 1. The third-order valence-corrected chi connectivity index (χ3v) is 9.20. The minimum atomic E-state index is -3.96. The van der Waals surface area contributed by atoms with Crippen molar-refractivity contribution in [2.24, 2.45) is 0 Å². The van der Waals surface area contributed by atoms with Crippen molar-refractivity contribution < 1.29 is 21.7 Å². The Balaban J connectivity index is 1.83. The molecule has 0 aliphatic heterocycles. The molecule has 0 amide bonds. The lowest BCUT2D eigenvalue weighted by Crippen LogP contribution is -2.31. The number of rotatable bonds is 14. The summed E-state index contributed by atoms with van der Waals surface area (Å²) in [7, 11) is -3.96. The van der Waals surface area contributed by atoms with Crippen molar-refractivity contribution in [3.8, 4) is 5.75 Å². The van der Waals surface area contributed by atoms with Crippen molar-refractivity contribution in [2.75, 3.05) is 36.3 Å². The van der Waals surface area contributed by atoms with Crippen LogP contribution >= 0.6 is 34.5 Å². The van der Waals surface area contributed by atoms with Crippen LogP contribution in [0.1, 0.15) is 16.4 Å². The Morgan fingerprint density at radius 3 is 2.27 bits per heavy atom. The zero-order valence-corrected chi connectivity index (χ0v) is 23.7. The third-order valence-electron chi connectivity index (χ3n) is 5.30. The molecule has 0 radical (unpaired) electrons. The van der Waals surface area contributed by atoms with Gasteiger partial charge in [0.25, 0.3) is 0 Å². The summed E-state index contributed by atoms with van der Waals surface area (Å²) in [6.45, 7) is 2.63. The fourth-order valence-corrected chi connectivity index (χ4v) is 6.86. The quantitative estimate of drug-likeness (QED) is 0.156. The zero-order chi connectivity index (χ0) is 27.0.